The molecule has 0 amide bonds. The summed E-state index contributed by atoms with van der Waals surface area (Å²) in [5, 5.41) is 8.19. The lowest BCUT2D eigenvalue weighted by atomic mass is 10.2. The van der Waals surface area contributed by atoms with Gasteiger partial charge < -0.3 is 10.3 Å². The smallest absolute Gasteiger partial charge is 0.261 e. The summed E-state index contributed by atoms with van der Waals surface area (Å²) >= 11 is 0. The van der Waals surface area contributed by atoms with Gasteiger partial charge in [-0.15, -0.1) is 0 Å². The number of aryl methyl sites for hydroxylation is 2. The van der Waals surface area contributed by atoms with Crippen LogP contribution in [0.3, 0.4) is 0 Å². The Balaban J connectivity index is 2.34. The van der Waals surface area contributed by atoms with Crippen LogP contribution in [-0.4, -0.2) is 26.5 Å². The van der Waals surface area contributed by atoms with Gasteiger partial charge in [-0.1, -0.05) is 12.1 Å². The molecule has 2 aromatic rings. The Labute approximate surface area is 93.4 Å². The fourth-order valence-corrected chi connectivity index (χ4v) is 1.57. The Kier molecular flexibility index (Phi) is 3.00. The van der Waals surface area contributed by atoms with Crippen molar-refractivity contribution in [3.05, 3.63) is 17.7 Å². The average Bonchev–Trinajstić information content (AvgIpc) is 2.85. The number of hydrogen-bond donors (Lipinski definition) is 1. The zero-order valence-electron chi connectivity index (χ0n) is 9.47. The van der Waals surface area contributed by atoms with Crippen molar-refractivity contribution in [1.82, 2.24) is 19.9 Å². The van der Waals surface area contributed by atoms with Crippen LogP contribution >= 0.6 is 0 Å². The van der Waals surface area contributed by atoms with Gasteiger partial charge in [0.1, 0.15) is 0 Å². The number of aromatic nitrogens is 4. The van der Waals surface area contributed by atoms with Crippen LogP contribution in [0.15, 0.2) is 10.7 Å². The van der Waals surface area contributed by atoms with E-state index in [-0.39, 0.29) is 0 Å². The Morgan fingerprint density at radius 2 is 2.31 bits per heavy atom. The molecule has 2 aromatic heterocycles. The van der Waals surface area contributed by atoms with Crippen molar-refractivity contribution < 1.29 is 4.52 Å². The summed E-state index contributed by atoms with van der Waals surface area (Å²) in [5.41, 5.74) is 7.30. The molecule has 6 nitrogen and oxygen atoms in total. The Morgan fingerprint density at radius 3 is 3.00 bits per heavy atom. The lowest BCUT2D eigenvalue weighted by molar-refractivity contribution is 0.422. The van der Waals surface area contributed by atoms with Gasteiger partial charge in [-0.25, -0.2) is 0 Å². The van der Waals surface area contributed by atoms with Crippen LogP contribution in [-0.2, 0) is 19.9 Å². The molecule has 16 heavy (non-hydrogen) atoms. The summed E-state index contributed by atoms with van der Waals surface area (Å²) in [4.78, 5) is 4.28. The fraction of sp³-hybridized carbons (Fsp3) is 0.500. The van der Waals surface area contributed by atoms with Crippen molar-refractivity contribution in [3.8, 4) is 11.5 Å². The first-order valence-corrected chi connectivity index (χ1v) is 5.30. The Morgan fingerprint density at radius 1 is 1.50 bits per heavy atom. The molecule has 0 aliphatic carbocycles. The SMILES string of the molecule is CCc1nn(C)cc1-c1nc(CCN)no1. The van der Waals surface area contributed by atoms with E-state index >= 15 is 0 Å². The molecule has 0 aliphatic rings. The van der Waals surface area contributed by atoms with Crippen LogP contribution in [0.4, 0.5) is 0 Å². The van der Waals surface area contributed by atoms with E-state index in [0.29, 0.717) is 24.7 Å². The normalized spacial score (nSPS) is 10.9. The summed E-state index contributed by atoms with van der Waals surface area (Å²) in [5.74, 6) is 1.16. The van der Waals surface area contributed by atoms with Gasteiger partial charge in [0.25, 0.3) is 5.89 Å². The quantitative estimate of drug-likeness (QED) is 0.814. The van der Waals surface area contributed by atoms with Gasteiger partial charge in [0.05, 0.1) is 11.3 Å². The number of hydrogen-bond acceptors (Lipinski definition) is 5. The third kappa shape index (κ3) is 1.96. The van der Waals surface area contributed by atoms with Crippen molar-refractivity contribution >= 4 is 0 Å². The topological polar surface area (TPSA) is 82.8 Å². The maximum atomic E-state index is 5.43. The van der Waals surface area contributed by atoms with E-state index in [4.69, 9.17) is 10.3 Å². The number of nitrogens with zero attached hydrogens (tertiary/aromatic N) is 4. The molecule has 0 saturated carbocycles. The van der Waals surface area contributed by atoms with E-state index in [2.05, 4.69) is 15.2 Å². The molecule has 6 heteroatoms. The molecule has 2 heterocycles. The molecule has 0 spiro atoms. The zero-order chi connectivity index (χ0) is 11.5. The minimum atomic E-state index is 0.520. The lowest BCUT2D eigenvalue weighted by Gasteiger charge is -1.90. The van der Waals surface area contributed by atoms with Gasteiger partial charge in [-0.05, 0) is 13.0 Å². The van der Waals surface area contributed by atoms with Crippen molar-refractivity contribution in [2.75, 3.05) is 6.54 Å². The molecule has 0 fully saturated rings. The van der Waals surface area contributed by atoms with E-state index in [1.54, 1.807) is 4.68 Å². The lowest BCUT2D eigenvalue weighted by Crippen LogP contribution is -2.03. The largest absolute Gasteiger partial charge is 0.334 e. The molecule has 2 rings (SSSR count). The highest BCUT2D eigenvalue weighted by Gasteiger charge is 2.14. The van der Waals surface area contributed by atoms with Crippen LogP contribution in [0, 0.1) is 0 Å². The van der Waals surface area contributed by atoms with E-state index in [1.165, 1.54) is 0 Å². The second kappa shape index (κ2) is 4.44. The highest BCUT2D eigenvalue weighted by Crippen LogP contribution is 2.21. The van der Waals surface area contributed by atoms with E-state index in [0.717, 1.165) is 17.7 Å². The van der Waals surface area contributed by atoms with Crippen molar-refractivity contribution in [2.24, 2.45) is 12.8 Å². The van der Waals surface area contributed by atoms with Crippen LogP contribution < -0.4 is 5.73 Å². The summed E-state index contributed by atoms with van der Waals surface area (Å²) in [6.45, 7) is 2.57. The highest BCUT2D eigenvalue weighted by atomic mass is 16.5. The maximum Gasteiger partial charge on any atom is 0.261 e. The number of nitrogens with two attached hydrogens (primary N) is 1. The van der Waals surface area contributed by atoms with Crippen LogP contribution in [0.25, 0.3) is 11.5 Å². The zero-order valence-corrected chi connectivity index (χ0v) is 9.47. The first kappa shape index (κ1) is 10.8. The Hall–Kier alpha value is -1.69. The molecule has 0 atom stereocenters. The van der Waals surface area contributed by atoms with Gasteiger partial charge in [-0.2, -0.15) is 10.1 Å². The second-order valence-corrected chi connectivity index (χ2v) is 3.57. The fourth-order valence-electron chi connectivity index (χ4n) is 1.57. The van der Waals surface area contributed by atoms with Gasteiger partial charge in [-0.3, -0.25) is 4.68 Å². The molecule has 0 radical (unpaired) electrons. The van der Waals surface area contributed by atoms with E-state index in [9.17, 15) is 0 Å². The molecule has 0 bridgehead atoms. The first-order valence-electron chi connectivity index (χ1n) is 5.30. The molecule has 2 N–H and O–H groups in total. The summed E-state index contributed by atoms with van der Waals surface area (Å²) < 4.78 is 6.94. The molecule has 0 aromatic carbocycles. The molecule has 86 valence electrons. The highest BCUT2D eigenvalue weighted by molar-refractivity contribution is 5.55. The summed E-state index contributed by atoms with van der Waals surface area (Å²) in [7, 11) is 1.87. The maximum absolute atomic E-state index is 5.43. The summed E-state index contributed by atoms with van der Waals surface area (Å²) in [6.07, 6.45) is 3.36. The van der Waals surface area contributed by atoms with Gasteiger partial charge in [0.2, 0.25) is 0 Å². The van der Waals surface area contributed by atoms with Gasteiger partial charge >= 0.3 is 0 Å². The summed E-state index contributed by atoms with van der Waals surface area (Å²) in [6, 6.07) is 0. The predicted octanol–water partition coefficient (Wildman–Crippen LogP) is 0.534. The molecular weight excluding hydrogens is 206 g/mol. The third-order valence-corrected chi connectivity index (χ3v) is 2.31. The van der Waals surface area contributed by atoms with Crippen LogP contribution in [0.1, 0.15) is 18.4 Å². The second-order valence-electron chi connectivity index (χ2n) is 3.57. The van der Waals surface area contributed by atoms with Crippen LogP contribution in [0.2, 0.25) is 0 Å². The minimum absolute atomic E-state index is 0.520. The molecule has 0 unspecified atom stereocenters. The molecule has 0 aliphatic heterocycles. The van der Waals surface area contributed by atoms with Crippen molar-refractivity contribution in [1.29, 1.82) is 0 Å². The number of rotatable bonds is 4. The van der Waals surface area contributed by atoms with Crippen molar-refractivity contribution in [3.63, 3.8) is 0 Å². The third-order valence-electron chi connectivity index (χ3n) is 2.31. The molecular formula is C10H15N5O. The van der Waals surface area contributed by atoms with Gasteiger partial charge in [0.15, 0.2) is 5.82 Å². The predicted molar refractivity (Wildman–Crippen MR) is 58.6 cm³/mol. The standard InChI is InChI=1S/C10H15N5O/c1-3-8-7(6-15(2)13-8)10-12-9(4-5-11)14-16-10/h6H,3-5,11H2,1-2H3. The van der Waals surface area contributed by atoms with Crippen molar-refractivity contribution in [2.45, 2.75) is 19.8 Å². The molecule has 0 saturated heterocycles. The average molecular weight is 221 g/mol. The van der Waals surface area contributed by atoms with E-state index < -0.39 is 0 Å². The monoisotopic (exact) mass is 221 g/mol. The van der Waals surface area contributed by atoms with E-state index in [1.807, 2.05) is 20.2 Å². The Bertz CT molecular complexity index is 473. The van der Waals surface area contributed by atoms with Gasteiger partial charge in [0, 0.05) is 19.7 Å². The first-order chi connectivity index (χ1) is 7.74. The minimum Gasteiger partial charge on any atom is -0.334 e. The van der Waals surface area contributed by atoms with Crippen LogP contribution in [0.5, 0.6) is 0 Å².